The van der Waals surface area contributed by atoms with Crippen molar-refractivity contribution in [2.24, 2.45) is 0 Å². The molecule has 5 heteroatoms. The molecule has 0 bridgehead atoms. The third-order valence-corrected chi connectivity index (χ3v) is 3.48. The Balaban J connectivity index is 1.91. The third-order valence-electron chi connectivity index (χ3n) is 3.48. The minimum atomic E-state index is -0.120. The molecule has 0 saturated heterocycles. The van der Waals surface area contributed by atoms with Gasteiger partial charge in [0.15, 0.2) is 0 Å². The van der Waals surface area contributed by atoms with Crippen molar-refractivity contribution in [2.45, 2.75) is 19.4 Å². The number of nitrogens with one attached hydrogen (secondary N) is 2. The molecule has 0 aromatic heterocycles. The third kappa shape index (κ3) is 3.57. The van der Waals surface area contributed by atoms with E-state index in [0.29, 0.717) is 18.5 Å². The minimum Gasteiger partial charge on any atom is -0.352 e. The molecule has 0 unspecified atom stereocenters. The Hall–Kier alpha value is -1.88. The lowest BCUT2D eigenvalue weighted by Crippen LogP contribution is -2.30. The van der Waals surface area contributed by atoms with E-state index in [4.69, 9.17) is 0 Å². The highest BCUT2D eigenvalue weighted by Gasteiger charge is 2.12. The van der Waals surface area contributed by atoms with E-state index in [9.17, 15) is 9.59 Å². The van der Waals surface area contributed by atoms with Crippen LogP contribution in [-0.2, 0) is 17.8 Å². The minimum absolute atomic E-state index is 0.0138. The number of benzene rings is 1. The van der Waals surface area contributed by atoms with Crippen LogP contribution in [0.1, 0.15) is 27.9 Å². The van der Waals surface area contributed by atoms with E-state index >= 15 is 0 Å². The van der Waals surface area contributed by atoms with Crippen LogP contribution < -0.4 is 10.6 Å². The second-order valence-corrected chi connectivity index (χ2v) is 5.20. The van der Waals surface area contributed by atoms with Gasteiger partial charge >= 0.3 is 0 Å². The molecule has 1 aliphatic heterocycles. The van der Waals surface area contributed by atoms with E-state index in [1.54, 1.807) is 14.1 Å². The predicted molar refractivity (Wildman–Crippen MR) is 77.5 cm³/mol. The number of nitrogens with zero attached hydrogens (tertiary/aromatic N) is 1. The van der Waals surface area contributed by atoms with E-state index in [0.717, 1.165) is 19.5 Å². The largest absolute Gasteiger partial charge is 0.352 e. The van der Waals surface area contributed by atoms with Gasteiger partial charge in [-0.2, -0.15) is 0 Å². The Morgan fingerprint density at radius 1 is 1.30 bits per heavy atom. The molecule has 20 heavy (non-hydrogen) atoms. The van der Waals surface area contributed by atoms with Gasteiger partial charge in [0.2, 0.25) is 5.91 Å². The van der Waals surface area contributed by atoms with Crippen molar-refractivity contribution >= 4 is 11.8 Å². The van der Waals surface area contributed by atoms with Crippen LogP contribution in [0.4, 0.5) is 0 Å². The van der Waals surface area contributed by atoms with Crippen LogP contribution in [0.15, 0.2) is 18.2 Å². The zero-order valence-corrected chi connectivity index (χ0v) is 12.0. The van der Waals surface area contributed by atoms with Gasteiger partial charge in [-0.05, 0) is 36.2 Å². The van der Waals surface area contributed by atoms with Gasteiger partial charge in [0.05, 0.1) is 0 Å². The molecular formula is C15H21N3O2. The number of fused-ring (bicyclic) bond motifs is 1. The van der Waals surface area contributed by atoms with Crippen LogP contribution in [0.3, 0.4) is 0 Å². The topological polar surface area (TPSA) is 61.4 Å². The van der Waals surface area contributed by atoms with Crippen LogP contribution in [0.2, 0.25) is 0 Å². The summed E-state index contributed by atoms with van der Waals surface area (Å²) in [6, 6.07) is 5.81. The average molecular weight is 275 g/mol. The van der Waals surface area contributed by atoms with Gasteiger partial charge in [0.1, 0.15) is 0 Å². The number of carbonyl (C=O) groups is 2. The maximum absolute atomic E-state index is 12.0. The highest BCUT2D eigenvalue weighted by molar-refractivity contribution is 5.94. The summed E-state index contributed by atoms with van der Waals surface area (Å²) in [5.74, 6) is -0.107. The number of hydrogen-bond acceptors (Lipinski definition) is 3. The SMILES string of the molecule is CN(C)C(=O)CCNC(=O)c1ccc2c(c1)CNCC2. The number of amides is 2. The first-order chi connectivity index (χ1) is 9.58. The lowest BCUT2D eigenvalue weighted by molar-refractivity contribution is -0.128. The molecule has 0 radical (unpaired) electrons. The molecule has 0 spiro atoms. The number of rotatable bonds is 4. The van der Waals surface area contributed by atoms with Gasteiger partial charge in [-0.15, -0.1) is 0 Å². The second kappa shape index (κ2) is 6.52. The zero-order valence-electron chi connectivity index (χ0n) is 12.0. The van der Waals surface area contributed by atoms with Crippen LogP contribution in [0.5, 0.6) is 0 Å². The summed E-state index contributed by atoms with van der Waals surface area (Å²) in [6.45, 7) is 2.17. The molecule has 0 atom stereocenters. The van der Waals surface area contributed by atoms with Crippen molar-refractivity contribution in [3.05, 3.63) is 34.9 Å². The molecule has 5 nitrogen and oxygen atoms in total. The Labute approximate surface area is 119 Å². The van der Waals surface area contributed by atoms with E-state index in [2.05, 4.69) is 10.6 Å². The molecule has 0 fully saturated rings. The molecule has 1 aromatic carbocycles. The summed E-state index contributed by atoms with van der Waals surface area (Å²) in [5.41, 5.74) is 3.15. The standard InChI is InChI=1S/C15H21N3O2/c1-18(2)14(19)6-8-17-15(20)12-4-3-11-5-7-16-10-13(11)9-12/h3-4,9,16H,5-8,10H2,1-2H3,(H,17,20). The van der Waals surface area contributed by atoms with Gasteiger partial charge < -0.3 is 15.5 Å². The number of carbonyl (C=O) groups excluding carboxylic acids is 2. The molecule has 0 saturated carbocycles. The van der Waals surface area contributed by atoms with Crippen LogP contribution in [0, 0.1) is 0 Å². The Kier molecular flexibility index (Phi) is 4.74. The van der Waals surface area contributed by atoms with Crippen molar-refractivity contribution in [1.29, 1.82) is 0 Å². The quantitative estimate of drug-likeness (QED) is 0.843. The van der Waals surface area contributed by atoms with E-state index in [1.807, 2.05) is 18.2 Å². The van der Waals surface area contributed by atoms with Crippen LogP contribution in [0.25, 0.3) is 0 Å². The first-order valence-corrected chi connectivity index (χ1v) is 6.89. The zero-order chi connectivity index (χ0) is 14.5. The predicted octanol–water partition coefficient (Wildman–Crippen LogP) is 0.540. The molecule has 1 heterocycles. The van der Waals surface area contributed by atoms with Crippen LogP contribution >= 0.6 is 0 Å². The van der Waals surface area contributed by atoms with Crippen molar-refractivity contribution < 1.29 is 9.59 Å². The first-order valence-electron chi connectivity index (χ1n) is 6.89. The Bertz CT molecular complexity index is 512. The maximum atomic E-state index is 12.0. The smallest absolute Gasteiger partial charge is 0.251 e. The van der Waals surface area contributed by atoms with E-state index < -0.39 is 0 Å². The highest BCUT2D eigenvalue weighted by Crippen LogP contribution is 2.15. The molecule has 2 amide bonds. The lowest BCUT2D eigenvalue weighted by Gasteiger charge is -2.17. The van der Waals surface area contributed by atoms with Gasteiger partial charge in [-0.3, -0.25) is 9.59 Å². The second-order valence-electron chi connectivity index (χ2n) is 5.20. The van der Waals surface area contributed by atoms with E-state index in [1.165, 1.54) is 16.0 Å². The highest BCUT2D eigenvalue weighted by atomic mass is 16.2. The Morgan fingerprint density at radius 3 is 2.85 bits per heavy atom. The molecule has 108 valence electrons. The van der Waals surface area contributed by atoms with Gasteiger partial charge in [0.25, 0.3) is 5.91 Å². The summed E-state index contributed by atoms with van der Waals surface area (Å²) in [4.78, 5) is 25.0. The first kappa shape index (κ1) is 14.5. The van der Waals surface area contributed by atoms with Crippen molar-refractivity contribution in [3.63, 3.8) is 0 Å². The van der Waals surface area contributed by atoms with Crippen molar-refractivity contribution in [1.82, 2.24) is 15.5 Å². The average Bonchev–Trinajstić information content (AvgIpc) is 2.46. The molecule has 1 aliphatic rings. The van der Waals surface area contributed by atoms with Crippen molar-refractivity contribution in [2.75, 3.05) is 27.2 Å². The lowest BCUT2D eigenvalue weighted by atomic mass is 9.98. The molecule has 1 aromatic rings. The van der Waals surface area contributed by atoms with Gasteiger partial charge in [-0.25, -0.2) is 0 Å². The fourth-order valence-electron chi connectivity index (χ4n) is 2.23. The monoisotopic (exact) mass is 275 g/mol. The number of hydrogen-bond donors (Lipinski definition) is 2. The van der Waals surface area contributed by atoms with Crippen molar-refractivity contribution in [3.8, 4) is 0 Å². The molecular weight excluding hydrogens is 254 g/mol. The summed E-state index contributed by atoms with van der Waals surface area (Å²) >= 11 is 0. The van der Waals surface area contributed by atoms with Gasteiger partial charge in [0, 0.05) is 39.2 Å². The Morgan fingerprint density at radius 2 is 2.10 bits per heavy atom. The maximum Gasteiger partial charge on any atom is 0.251 e. The van der Waals surface area contributed by atoms with E-state index in [-0.39, 0.29) is 11.8 Å². The molecule has 2 N–H and O–H groups in total. The fraction of sp³-hybridized carbons (Fsp3) is 0.467. The summed E-state index contributed by atoms with van der Waals surface area (Å²) in [5, 5.41) is 6.08. The summed E-state index contributed by atoms with van der Waals surface area (Å²) in [7, 11) is 3.42. The fourth-order valence-corrected chi connectivity index (χ4v) is 2.23. The molecule has 0 aliphatic carbocycles. The van der Waals surface area contributed by atoms with Gasteiger partial charge in [-0.1, -0.05) is 6.07 Å². The normalized spacial score (nSPS) is 13.5. The molecule has 2 rings (SSSR count). The summed E-state index contributed by atoms with van der Waals surface area (Å²) < 4.78 is 0. The van der Waals surface area contributed by atoms with Crippen LogP contribution in [-0.4, -0.2) is 43.9 Å². The summed E-state index contributed by atoms with van der Waals surface area (Å²) in [6.07, 6.45) is 1.33.